The topological polar surface area (TPSA) is 35.1 Å². The number of hydrogen-bond acceptors (Lipinski definition) is 2. The number of esters is 1. The number of imidazole rings is 1. The fourth-order valence-corrected chi connectivity index (χ4v) is 2.31. The molecular weight excluding hydrogens is 240 g/mol. The highest BCUT2D eigenvalue weighted by Crippen LogP contribution is 2.14. The molecule has 0 aliphatic rings. The van der Waals surface area contributed by atoms with Crippen LogP contribution in [0.4, 0.5) is 0 Å². The van der Waals surface area contributed by atoms with E-state index >= 15 is 0 Å². The third kappa shape index (κ3) is 2.52. The van der Waals surface area contributed by atoms with Gasteiger partial charge in [-0.1, -0.05) is 24.8 Å². The highest BCUT2D eigenvalue weighted by Gasteiger charge is 2.22. The number of rotatable bonds is 5. The summed E-state index contributed by atoms with van der Waals surface area (Å²) >= 11 is 0. The van der Waals surface area contributed by atoms with E-state index in [0.717, 1.165) is 23.4 Å². The van der Waals surface area contributed by atoms with Gasteiger partial charge in [0.15, 0.2) is 17.6 Å². The number of nitrogens with zero attached hydrogens (tertiary/aromatic N) is 2. The zero-order valence-corrected chi connectivity index (χ0v) is 11.4. The lowest BCUT2D eigenvalue weighted by atomic mass is 10.3. The third-order valence-electron chi connectivity index (χ3n) is 3.15. The Morgan fingerprint density at radius 2 is 2.21 bits per heavy atom. The minimum absolute atomic E-state index is 0.211. The zero-order valence-electron chi connectivity index (χ0n) is 11.4. The van der Waals surface area contributed by atoms with Crippen LogP contribution < -0.4 is 4.57 Å². The summed E-state index contributed by atoms with van der Waals surface area (Å²) in [6.07, 6.45) is 1.86. The van der Waals surface area contributed by atoms with Crippen molar-refractivity contribution in [2.24, 2.45) is 0 Å². The average Bonchev–Trinajstić information content (AvgIpc) is 2.66. The van der Waals surface area contributed by atoms with Crippen LogP contribution in [0, 0.1) is 6.92 Å². The van der Waals surface area contributed by atoms with E-state index in [1.54, 1.807) is 0 Å². The van der Waals surface area contributed by atoms with E-state index < -0.39 is 0 Å². The van der Waals surface area contributed by atoms with Crippen LogP contribution in [0.25, 0.3) is 11.0 Å². The number of para-hydroxylation sites is 2. The predicted octanol–water partition coefficient (Wildman–Crippen LogP) is 1.99. The van der Waals surface area contributed by atoms with E-state index in [1.807, 2.05) is 48.8 Å². The predicted molar refractivity (Wildman–Crippen MR) is 73.7 cm³/mol. The summed E-state index contributed by atoms with van der Waals surface area (Å²) in [6.45, 7) is 8.97. The van der Waals surface area contributed by atoms with E-state index in [1.165, 1.54) is 0 Å². The van der Waals surface area contributed by atoms with Crippen LogP contribution in [-0.2, 0) is 22.6 Å². The SMILES string of the molecule is C=CCn1c(C)[n+](CC(=O)OCC)c2ccccc21. The van der Waals surface area contributed by atoms with Crippen molar-refractivity contribution in [1.29, 1.82) is 0 Å². The van der Waals surface area contributed by atoms with Gasteiger partial charge in [-0.25, -0.2) is 13.9 Å². The van der Waals surface area contributed by atoms with Crippen molar-refractivity contribution >= 4 is 17.0 Å². The number of carbonyl (C=O) groups excluding carboxylic acids is 1. The van der Waals surface area contributed by atoms with Crippen molar-refractivity contribution in [3.8, 4) is 0 Å². The zero-order chi connectivity index (χ0) is 13.8. The molecule has 0 aliphatic carbocycles. The first-order valence-corrected chi connectivity index (χ1v) is 6.43. The molecule has 0 unspecified atom stereocenters. The lowest BCUT2D eigenvalue weighted by Gasteiger charge is -2.01. The molecule has 2 rings (SSSR count). The third-order valence-corrected chi connectivity index (χ3v) is 3.15. The lowest BCUT2D eigenvalue weighted by Crippen LogP contribution is -2.41. The van der Waals surface area contributed by atoms with Crippen LogP contribution in [0.5, 0.6) is 0 Å². The molecule has 19 heavy (non-hydrogen) atoms. The first-order valence-electron chi connectivity index (χ1n) is 6.43. The fourth-order valence-electron chi connectivity index (χ4n) is 2.31. The van der Waals surface area contributed by atoms with Crippen LogP contribution >= 0.6 is 0 Å². The largest absolute Gasteiger partial charge is 0.463 e. The Morgan fingerprint density at radius 1 is 1.47 bits per heavy atom. The summed E-state index contributed by atoms with van der Waals surface area (Å²) in [5.41, 5.74) is 2.14. The van der Waals surface area contributed by atoms with Crippen LogP contribution in [0.3, 0.4) is 0 Å². The molecule has 0 atom stereocenters. The molecule has 0 radical (unpaired) electrons. The molecule has 2 aromatic rings. The summed E-state index contributed by atoms with van der Waals surface area (Å²) < 4.78 is 9.15. The lowest BCUT2D eigenvalue weighted by molar-refractivity contribution is -0.667. The van der Waals surface area contributed by atoms with Crippen molar-refractivity contribution in [2.75, 3.05) is 6.61 Å². The van der Waals surface area contributed by atoms with Gasteiger partial charge in [-0.2, -0.15) is 0 Å². The molecule has 0 saturated heterocycles. The van der Waals surface area contributed by atoms with Crippen molar-refractivity contribution < 1.29 is 14.1 Å². The maximum absolute atomic E-state index is 11.7. The average molecular weight is 259 g/mol. The van der Waals surface area contributed by atoms with E-state index in [4.69, 9.17) is 4.74 Å². The summed E-state index contributed by atoms with van der Waals surface area (Å²) in [7, 11) is 0. The molecule has 0 fully saturated rings. The Bertz CT molecular complexity index is 614. The van der Waals surface area contributed by atoms with Gasteiger partial charge in [0.05, 0.1) is 6.61 Å². The molecule has 0 spiro atoms. The maximum atomic E-state index is 11.7. The number of aromatic nitrogens is 2. The number of ether oxygens (including phenoxy) is 1. The Morgan fingerprint density at radius 3 is 2.89 bits per heavy atom. The number of allylic oxidation sites excluding steroid dienone is 1. The molecule has 1 aromatic carbocycles. The monoisotopic (exact) mass is 259 g/mol. The Labute approximate surface area is 112 Å². The number of benzene rings is 1. The number of carbonyl (C=O) groups is 1. The molecule has 4 nitrogen and oxygen atoms in total. The Hall–Kier alpha value is -2.10. The quantitative estimate of drug-likeness (QED) is 0.467. The summed E-state index contributed by atoms with van der Waals surface area (Å²) in [5.74, 6) is 0.811. The minimum Gasteiger partial charge on any atom is -0.463 e. The molecule has 1 aromatic heterocycles. The van der Waals surface area contributed by atoms with Gasteiger partial charge in [-0.15, -0.1) is 0 Å². The molecule has 0 amide bonds. The molecule has 0 N–H and O–H groups in total. The van der Waals surface area contributed by atoms with Crippen LogP contribution in [0.2, 0.25) is 0 Å². The number of fused-ring (bicyclic) bond motifs is 1. The minimum atomic E-state index is -0.211. The van der Waals surface area contributed by atoms with Gasteiger partial charge in [0.2, 0.25) is 0 Å². The van der Waals surface area contributed by atoms with E-state index in [9.17, 15) is 4.79 Å². The fraction of sp³-hybridized carbons (Fsp3) is 0.333. The van der Waals surface area contributed by atoms with Crippen LogP contribution in [0.1, 0.15) is 12.7 Å². The van der Waals surface area contributed by atoms with Crippen LogP contribution in [-0.4, -0.2) is 17.1 Å². The van der Waals surface area contributed by atoms with Gasteiger partial charge < -0.3 is 4.74 Å². The molecule has 0 bridgehead atoms. The van der Waals surface area contributed by atoms with E-state index in [2.05, 4.69) is 11.1 Å². The normalized spacial score (nSPS) is 10.6. The molecule has 1 heterocycles. The molecular formula is C15H19N2O2+. The van der Waals surface area contributed by atoms with Gasteiger partial charge in [0.1, 0.15) is 6.54 Å². The molecule has 4 heteroatoms. The van der Waals surface area contributed by atoms with Gasteiger partial charge in [0, 0.05) is 6.92 Å². The maximum Gasteiger partial charge on any atom is 0.348 e. The summed E-state index contributed by atoms with van der Waals surface area (Å²) in [6, 6.07) is 8.03. The standard InChI is InChI=1S/C15H19N2O2/c1-4-10-16-12(3)17(11-15(18)19-5-2)14-9-7-6-8-13(14)16/h4,6-9H,1,5,10-11H2,2-3H3/q+1. The second-order valence-corrected chi connectivity index (χ2v) is 4.33. The second kappa shape index (κ2) is 5.69. The van der Waals surface area contributed by atoms with Crippen LogP contribution in [0.15, 0.2) is 36.9 Å². The number of hydrogen-bond donors (Lipinski definition) is 0. The van der Waals surface area contributed by atoms with E-state index in [-0.39, 0.29) is 12.5 Å². The second-order valence-electron chi connectivity index (χ2n) is 4.33. The molecule has 100 valence electrons. The van der Waals surface area contributed by atoms with Crippen molar-refractivity contribution in [1.82, 2.24) is 4.57 Å². The highest BCUT2D eigenvalue weighted by atomic mass is 16.5. The van der Waals surface area contributed by atoms with Gasteiger partial charge >= 0.3 is 5.97 Å². The first-order chi connectivity index (χ1) is 9.19. The smallest absolute Gasteiger partial charge is 0.348 e. The summed E-state index contributed by atoms with van der Waals surface area (Å²) in [4.78, 5) is 11.7. The van der Waals surface area contributed by atoms with Crippen molar-refractivity contribution in [3.05, 3.63) is 42.7 Å². The molecule has 0 aliphatic heterocycles. The van der Waals surface area contributed by atoms with Gasteiger partial charge in [-0.05, 0) is 19.1 Å². The summed E-state index contributed by atoms with van der Waals surface area (Å²) in [5, 5.41) is 0. The van der Waals surface area contributed by atoms with E-state index in [0.29, 0.717) is 6.61 Å². The Balaban J connectivity index is 2.50. The highest BCUT2D eigenvalue weighted by molar-refractivity contribution is 5.74. The first kappa shape index (κ1) is 13.3. The Kier molecular flexibility index (Phi) is 4.00. The van der Waals surface area contributed by atoms with Gasteiger partial charge in [-0.3, -0.25) is 0 Å². The molecule has 0 saturated carbocycles. The van der Waals surface area contributed by atoms with Gasteiger partial charge in [0.25, 0.3) is 5.82 Å². The van der Waals surface area contributed by atoms with Crippen molar-refractivity contribution in [2.45, 2.75) is 26.9 Å². The van der Waals surface area contributed by atoms with Crippen molar-refractivity contribution in [3.63, 3.8) is 0 Å².